The van der Waals surface area contributed by atoms with Crippen LogP contribution in [0.3, 0.4) is 0 Å². The van der Waals surface area contributed by atoms with Crippen LogP contribution in [0.2, 0.25) is 0 Å². The average Bonchev–Trinajstić information content (AvgIpc) is 2.28. The van der Waals surface area contributed by atoms with Gasteiger partial charge in [-0.3, -0.25) is 4.79 Å². The Morgan fingerprint density at radius 1 is 1.12 bits per heavy atom. The Morgan fingerprint density at radius 2 is 1.82 bits per heavy atom. The van der Waals surface area contributed by atoms with Crippen molar-refractivity contribution < 1.29 is 19.8 Å². The maximum Gasteiger partial charge on any atom is 0.356 e. The second kappa shape index (κ2) is 3.71. The number of hydrogen-bond donors (Lipinski definition) is 3. The molecule has 0 spiro atoms. The largest absolute Gasteiger partial charge is 0.478 e. The molecule has 0 bridgehead atoms. The molecule has 7 nitrogen and oxygen atoms in total. The SMILES string of the molecule is O=C(O)c1ccc2c(=O)[nH]nc(C(=O)O)c2c1. The molecule has 2 rings (SSSR count). The fourth-order valence-electron chi connectivity index (χ4n) is 1.46. The third-order valence-corrected chi connectivity index (χ3v) is 2.24. The second-order valence-corrected chi connectivity index (χ2v) is 3.27. The predicted octanol–water partition coefficient (Wildman–Crippen LogP) is 0.319. The summed E-state index contributed by atoms with van der Waals surface area (Å²) in [5, 5.41) is 23.2. The van der Waals surface area contributed by atoms with E-state index in [2.05, 4.69) is 5.10 Å². The van der Waals surface area contributed by atoms with Crippen LogP contribution < -0.4 is 5.56 Å². The minimum atomic E-state index is -1.34. The third-order valence-electron chi connectivity index (χ3n) is 2.24. The molecule has 86 valence electrons. The van der Waals surface area contributed by atoms with Gasteiger partial charge in [0.15, 0.2) is 5.69 Å². The van der Waals surface area contributed by atoms with Crippen molar-refractivity contribution in [1.29, 1.82) is 0 Å². The standard InChI is InChI=1S/C10H6N2O5/c13-8-5-2-1-4(9(14)15)3-6(5)7(10(16)17)11-12-8/h1-3H,(H,12,13)(H,14,15)(H,16,17). The summed E-state index contributed by atoms with van der Waals surface area (Å²) in [7, 11) is 0. The number of aromatic nitrogens is 2. The van der Waals surface area contributed by atoms with E-state index in [0.29, 0.717) is 0 Å². The molecular formula is C10H6N2O5. The Bertz CT molecular complexity index is 689. The summed E-state index contributed by atoms with van der Waals surface area (Å²) in [4.78, 5) is 33.0. The highest BCUT2D eigenvalue weighted by molar-refractivity contribution is 6.03. The van der Waals surface area contributed by atoms with Crippen molar-refractivity contribution >= 4 is 22.7 Å². The summed E-state index contributed by atoms with van der Waals surface area (Å²) in [5.41, 5.74) is -1.06. The summed E-state index contributed by atoms with van der Waals surface area (Å²) in [6.45, 7) is 0. The number of aromatic carboxylic acids is 2. The lowest BCUT2D eigenvalue weighted by Gasteiger charge is -2.01. The van der Waals surface area contributed by atoms with Gasteiger partial charge in [0.25, 0.3) is 5.56 Å². The molecule has 0 aliphatic heterocycles. The molecule has 2 aromatic rings. The van der Waals surface area contributed by atoms with Gasteiger partial charge in [-0.05, 0) is 18.2 Å². The molecule has 1 aromatic carbocycles. The topological polar surface area (TPSA) is 120 Å². The lowest BCUT2D eigenvalue weighted by molar-refractivity contribution is 0.0681. The molecule has 7 heteroatoms. The first kappa shape index (κ1) is 10.8. The first-order valence-corrected chi connectivity index (χ1v) is 4.49. The van der Waals surface area contributed by atoms with E-state index in [0.717, 1.165) is 6.07 Å². The molecule has 17 heavy (non-hydrogen) atoms. The minimum absolute atomic E-state index is 0.00106. The van der Waals surface area contributed by atoms with Crippen LogP contribution in [0, 0.1) is 0 Å². The summed E-state index contributed by atoms with van der Waals surface area (Å²) >= 11 is 0. The van der Waals surface area contributed by atoms with Crippen molar-refractivity contribution in [3.63, 3.8) is 0 Å². The molecular weight excluding hydrogens is 228 g/mol. The van der Waals surface area contributed by atoms with Crippen LogP contribution in [-0.4, -0.2) is 32.3 Å². The molecule has 1 heterocycles. The van der Waals surface area contributed by atoms with Crippen molar-refractivity contribution in [2.75, 3.05) is 0 Å². The molecule has 1 aromatic heterocycles. The lowest BCUT2D eigenvalue weighted by atomic mass is 10.1. The van der Waals surface area contributed by atoms with E-state index in [-0.39, 0.29) is 22.0 Å². The summed E-state index contributed by atoms with van der Waals surface area (Å²) in [6.07, 6.45) is 0. The summed E-state index contributed by atoms with van der Waals surface area (Å²) in [5.74, 6) is -2.54. The molecule has 3 N–H and O–H groups in total. The monoisotopic (exact) mass is 234 g/mol. The van der Waals surface area contributed by atoms with Gasteiger partial charge in [-0.1, -0.05) is 0 Å². The first-order chi connectivity index (χ1) is 8.00. The molecule has 0 radical (unpaired) electrons. The molecule has 0 fully saturated rings. The van der Waals surface area contributed by atoms with Gasteiger partial charge in [0.2, 0.25) is 0 Å². The Morgan fingerprint density at radius 3 is 2.41 bits per heavy atom. The zero-order chi connectivity index (χ0) is 12.6. The first-order valence-electron chi connectivity index (χ1n) is 4.49. The minimum Gasteiger partial charge on any atom is -0.478 e. The molecule has 0 amide bonds. The summed E-state index contributed by atoms with van der Waals surface area (Å²) < 4.78 is 0. The number of fused-ring (bicyclic) bond motifs is 1. The highest BCUT2D eigenvalue weighted by Gasteiger charge is 2.14. The van der Waals surface area contributed by atoms with Crippen LogP contribution in [-0.2, 0) is 0 Å². The van der Waals surface area contributed by atoms with E-state index in [1.54, 1.807) is 0 Å². The van der Waals surface area contributed by atoms with E-state index in [1.165, 1.54) is 12.1 Å². The van der Waals surface area contributed by atoms with Gasteiger partial charge < -0.3 is 10.2 Å². The Balaban J connectivity index is 2.90. The van der Waals surface area contributed by atoms with Crippen LogP contribution >= 0.6 is 0 Å². The van der Waals surface area contributed by atoms with Gasteiger partial charge in [0.05, 0.1) is 10.9 Å². The normalized spacial score (nSPS) is 10.4. The van der Waals surface area contributed by atoms with E-state index in [4.69, 9.17) is 10.2 Å². The number of carboxylic acids is 2. The zero-order valence-electron chi connectivity index (χ0n) is 8.30. The number of nitrogens with one attached hydrogen (secondary N) is 1. The van der Waals surface area contributed by atoms with E-state index in [1.807, 2.05) is 5.10 Å². The van der Waals surface area contributed by atoms with Crippen LogP contribution in [0.15, 0.2) is 23.0 Å². The molecule has 0 saturated heterocycles. The molecule has 0 aliphatic rings. The Hall–Kier alpha value is -2.70. The lowest BCUT2D eigenvalue weighted by Crippen LogP contribution is -2.14. The highest BCUT2D eigenvalue weighted by atomic mass is 16.4. The third kappa shape index (κ3) is 1.73. The quantitative estimate of drug-likeness (QED) is 0.688. The maximum absolute atomic E-state index is 11.4. The van der Waals surface area contributed by atoms with Crippen molar-refractivity contribution in [3.8, 4) is 0 Å². The second-order valence-electron chi connectivity index (χ2n) is 3.27. The smallest absolute Gasteiger partial charge is 0.356 e. The van der Waals surface area contributed by atoms with Gasteiger partial charge in [-0.25, -0.2) is 14.7 Å². The van der Waals surface area contributed by atoms with E-state index < -0.39 is 17.5 Å². The number of aromatic amines is 1. The number of carbonyl (C=O) groups is 2. The Kier molecular flexibility index (Phi) is 2.36. The van der Waals surface area contributed by atoms with E-state index in [9.17, 15) is 14.4 Å². The fourth-order valence-corrected chi connectivity index (χ4v) is 1.46. The highest BCUT2D eigenvalue weighted by Crippen LogP contribution is 2.15. The number of nitrogens with zero attached hydrogens (tertiary/aromatic N) is 1. The molecule has 0 atom stereocenters. The fraction of sp³-hybridized carbons (Fsp3) is 0. The van der Waals surface area contributed by atoms with Crippen LogP contribution in [0.25, 0.3) is 10.8 Å². The molecule has 0 aliphatic carbocycles. The molecule has 0 saturated carbocycles. The molecule has 0 unspecified atom stereocenters. The number of rotatable bonds is 2. The predicted molar refractivity (Wildman–Crippen MR) is 56.3 cm³/mol. The van der Waals surface area contributed by atoms with Crippen LogP contribution in [0.4, 0.5) is 0 Å². The van der Waals surface area contributed by atoms with Gasteiger partial charge in [0.1, 0.15) is 0 Å². The number of H-pyrrole nitrogens is 1. The number of carboxylic acid groups (broad SMARTS) is 2. The van der Waals surface area contributed by atoms with Gasteiger partial charge in [0, 0.05) is 5.39 Å². The van der Waals surface area contributed by atoms with Crippen LogP contribution in [0.1, 0.15) is 20.8 Å². The Labute approximate surface area is 93.3 Å². The van der Waals surface area contributed by atoms with Gasteiger partial charge in [-0.2, -0.15) is 5.10 Å². The van der Waals surface area contributed by atoms with Crippen molar-refractivity contribution in [2.24, 2.45) is 0 Å². The van der Waals surface area contributed by atoms with Crippen molar-refractivity contribution in [1.82, 2.24) is 10.2 Å². The number of hydrogen-bond acceptors (Lipinski definition) is 4. The summed E-state index contributed by atoms with van der Waals surface area (Å²) in [6, 6.07) is 3.60. The maximum atomic E-state index is 11.4. The van der Waals surface area contributed by atoms with Gasteiger partial charge >= 0.3 is 11.9 Å². The average molecular weight is 234 g/mol. The van der Waals surface area contributed by atoms with E-state index >= 15 is 0 Å². The van der Waals surface area contributed by atoms with Gasteiger partial charge in [-0.15, -0.1) is 0 Å². The van der Waals surface area contributed by atoms with Crippen molar-refractivity contribution in [3.05, 3.63) is 39.8 Å². The van der Waals surface area contributed by atoms with Crippen molar-refractivity contribution in [2.45, 2.75) is 0 Å². The number of benzene rings is 1. The zero-order valence-corrected chi connectivity index (χ0v) is 8.30. The van der Waals surface area contributed by atoms with Crippen LogP contribution in [0.5, 0.6) is 0 Å².